The third-order valence-electron chi connectivity index (χ3n) is 2.87. The Labute approximate surface area is 126 Å². The minimum atomic E-state index is -1.05. The van der Waals surface area contributed by atoms with E-state index in [0.717, 1.165) is 17.3 Å². The summed E-state index contributed by atoms with van der Waals surface area (Å²) < 4.78 is 13.3. The molecule has 1 aromatic carbocycles. The fraction of sp³-hybridized carbons (Fsp3) is 0.200. The van der Waals surface area contributed by atoms with Crippen LogP contribution in [0.15, 0.2) is 35.2 Å². The van der Waals surface area contributed by atoms with Gasteiger partial charge in [0.25, 0.3) is 0 Å². The van der Waals surface area contributed by atoms with Crippen LogP contribution in [0.3, 0.4) is 0 Å². The van der Waals surface area contributed by atoms with Crippen LogP contribution in [0.4, 0.5) is 4.39 Å². The van der Waals surface area contributed by atoms with E-state index in [9.17, 15) is 9.18 Å². The molecule has 0 spiro atoms. The summed E-state index contributed by atoms with van der Waals surface area (Å²) in [6, 6.07) is 4.39. The smallest absolute Gasteiger partial charge is 0.328 e. The van der Waals surface area contributed by atoms with Crippen molar-refractivity contribution in [1.82, 2.24) is 9.88 Å². The molecule has 110 valence electrons. The van der Waals surface area contributed by atoms with Gasteiger partial charge in [-0.2, -0.15) is 0 Å². The highest BCUT2D eigenvalue weighted by Crippen LogP contribution is 2.16. The molecule has 2 aromatic rings. The van der Waals surface area contributed by atoms with Crippen molar-refractivity contribution in [2.45, 2.75) is 13.1 Å². The molecule has 0 bridgehead atoms. The first-order valence-corrected chi connectivity index (χ1v) is 7.24. The maximum atomic E-state index is 13.3. The van der Waals surface area contributed by atoms with Crippen LogP contribution >= 0.6 is 11.3 Å². The molecule has 0 saturated heterocycles. The molecule has 1 heterocycles. The van der Waals surface area contributed by atoms with Crippen LogP contribution < -0.4 is 0 Å². The molecule has 0 aliphatic heterocycles. The molecular weight excluding hydrogens is 291 g/mol. The van der Waals surface area contributed by atoms with Crippen molar-refractivity contribution < 1.29 is 14.3 Å². The third-order valence-corrected chi connectivity index (χ3v) is 3.50. The van der Waals surface area contributed by atoms with Crippen LogP contribution in [0, 0.1) is 5.82 Å². The highest BCUT2D eigenvalue weighted by atomic mass is 32.1. The lowest BCUT2D eigenvalue weighted by atomic mass is 10.1. The second-order valence-electron chi connectivity index (χ2n) is 4.67. The van der Waals surface area contributed by atoms with E-state index in [2.05, 4.69) is 4.98 Å². The molecule has 0 radical (unpaired) electrons. The van der Waals surface area contributed by atoms with Gasteiger partial charge in [-0.05, 0) is 36.4 Å². The SMILES string of the molecule is CN(Cc1cscn1)Cc1ccc(F)cc1C=CC(=O)O. The summed E-state index contributed by atoms with van der Waals surface area (Å²) >= 11 is 1.54. The van der Waals surface area contributed by atoms with Crippen molar-refractivity contribution in [3.63, 3.8) is 0 Å². The molecule has 0 aliphatic rings. The third kappa shape index (κ3) is 4.77. The fourth-order valence-corrected chi connectivity index (χ4v) is 2.51. The van der Waals surface area contributed by atoms with Crippen molar-refractivity contribution in [3.05, 3.63) is 57.8 Å². The molecule has 2 rings (SSSR count). The quantitative estimate of drug-likeness (QED) is 0.834. The Bertz CT molecular complexity index is 641. The van der Waals surface area contributed by atoms with Crippen LogP contribution in [0.2, 0.25) is 0 Å². The van der Waals surface area contributed by atoms with Crippen molar-refractivity contribution >= 4 is 23.4 Å². The summed E-state index contributed by atoms with van der Waals surface area (Å²) in [5, 5.41) is 10.7. The van der Waals surface area contributed by atoms with Crippen LogP contribution in [-0.4, -0.2) is 28.0 Å². The Morgan fingerprint density at radius 3 is 2.95 bits per heavy atom. The van der Waals surface area contributed by atoms with Gasteiger partial charge < -0.3 is 5.11 Å². The number of aromatic nitrogens is 1. The van der Waals surface area contributed by atoms with Gasteiger partial charge in [0, 0.05) is 24.5 Å². The number of hydrogen-bond acceptors (Lipinski definition) is 4. The number of hydrogen-bond donors (Lipinski definition) is 1. The number of carboxylic acids is 1. The summed E-state index contributed by atoms with van der Waals surface area (Å²) in [7, 11) is 1.94. The van der Waals surface area contributed by atoms with Crippen LogP contribution in [0.25, 0.3) is 6.08 Å². The van der Waals surface area contributed by atoms with Crippen molar-refractivity contribution in [1.29, 1.82) is 0 Å². The van der Waals surface area contributed by atoms with Crippen molar-refractivity contribution in [2.24, 2.45) is 0 Å². The van der Waals surface area contributed by atoms with E-state index in [1.807, 2.05) is 17.3 Å². The lowest BCUT2D eigenvalue weighted by Crippen LogP contribution is -2.18. The Morgan fingerprint density at radius 1 is 1.48 bits per heavy atom. The largest absolute Gasteiger partial charge is 0.478 e. The van der Waals surface area contributed by atoms with Crippen LogP contribution in [0.1, 0.15) is 16.8 Å². The second-order valence-corrected chi connectivity index (χ2v) is 5.39. The summed E-state index contributed by atoms with van der Waals surface area (Å²) in [4.78, 5) is 16.9. The first kappa shape index (κ1) is 15.3. The number of rotatable bonds is 6. The molecule has 0 unspecified atom stereocenters. The lowest BCUT2D eigenvalue weighted by Gasteiger charge is -2.17. The molecule has 0 fully saturated rings. The number of carbonyl (C=O) groups is 1. The Balaban J connectivity index is 2.13. The van der Waals surface area contributed by atoms with Gasteiger partial charge in [-0.3, -0.25) is 4.90 Å². The summed E-state index contributed by atoms with van der Waals surface area (Å²) in [6.07, 6.45) is 2.43. The van der Waals surface area contributed by atoms with E-state index in [0.29, 0.717) is 18.7 Å². The molecule has 1 N–H and O–H groups in total. The predicted molar refractivity (Wildman–Crippen MR) is 80.4 cm³/mol. The zero-order valence-corrected chi connectivity index (χ0v) is 12.3. The monoisotopic (exact) mass is 306 g/mol. The number of thiazole rings is 1. The van der Waals surface area contributed by atoms with Crippen LogP contribution in [0.5, 0.6) is 0 Å². The second kappa shape index (κ2) is 7.10. The summed E-state index contributed by atoms with van der Waals surface area (Å²) in [5.41, 5.74) is 4.20. The Kier molecular flexibility index (Phi) is 5.19. The zero-order chi connectivity index (χ0) is 15.2. The Hall–Kier alpha value is -2.05. The highest BCUT2D eigenvalue weighted by molar-refractivity contribution is 7.07. The molecule has 4 nitrogen and oxygen atoms in total. The zero-order valence-electron chi connectivity index (χ0n) is 11.5. The van der Waals surface area contributed by atoms with E-state index in [1.165, 1.54) is 18.2 Å². The van der Waals surface area contributed by atoms with Gasteiger partial charge >= 0.3 is 5.97 Å². The van der Waals surface area contributed by atoms with Gasteiger partial charge in [0.1, 0.15) is 5.82 Å². The topological polar surface area (TPSA) is 53.4 Å². The molecule has 1 aromatic heterocycles. The summed E-state index contributed by atoms with van der Waals surface area (Å²) in [5.74, 6) is -1.44. The molecule has 0 amide bonds. The predicted octanol–water partition coefficient (Wildman–Crippen LogP) is 3.01. The van der Waals surface area contributed by atoms with Gasteiger partial charge in [0.2, 0.25) is 0 Å². The van der Waals surface area contributed by atoms with Crippen molar-refractivity contribution in [3.8, 4) is 0 Å². The fourth-order valence-electron chi connectivity index (χ4n) is 1.96. The van der Waals surface area contributed by atoms with Gasteiger partial charge in [0.15, 0.2) is 0 Å². The molecule has 0 atom stereocenters. The minimum absolute atomic E-state index is 0.383. The van der Waals surface area contributed by atoms with E-state index in [4.69, 9.17) is 5.11 Å². The average molecular weight is 306 g/mol. The normalized spacial score (nSPS) is 11.4. The maximum absolute atomic E-state index is 13.3. The van der Waals surface area contributed by atoms with Gasteiger partial charge in [-0.15, -0.1) is 11.3 Å². The molecule has 0 saturated carbocycles. The molecule has 21 heavy (non-hydrogen) atoms. The molecular formula is C15H15FN2O2S. The Morgan fingerprint density at radius 2 is 2.29 bits per heavy atom. The van der Waals surface area contributed by atoms with Gasteiger partial charge in [-0.1, -0.05) is 6.07 Å². The number of halogens is 1. The molecule has 6 heteroatoms. The van der Waals surface area contributed by atoms with Gasteiger partial charge in [-0.25, -0.2) is 14.2 Å². The van der Waals surface area contributed by atoms with Crippen molar-refractivity contribution in [2.75, 3.05) is 7.05 Å². The average Bonchev–Trinajstić information content (AvgIpc) is 2.91. The van der Waals surface area contributed by atoms with E-state index in [1.54, 1.807) is 22.9 Å². The minimum Gasteiger partial charge on any atom is -0.478 e. The maximum Gasteiger partial charge on any atom is 0.328 e. The van der Waals surface area contributed by atoms with E-state index >= 15 is 0 Å². The number of carboxylic acid groups (broad SMARTS) is 1. The van der Waals surface area contributed by atoms with E-state index < -0.39 is 5.97 Å². The number of benzene rings is 1. The summed E-state index contributed by atoms with van der Waals surface area (Å²) in [6.45, 7) is 1.26. The standard InChI is InChI=1S/C15H15FN2O2S/c1-18(8-14-9-21-10-17-14)7-12-2-4-13(16)6-11(12)3-5-15(19)20/h2-6,9-10H,7-8H2,1H3,(H,19,20). The molecule has 0 aliphatic carbocycles. The van der Waals surface area contributed by atoms with Crippen LogP contribution in [-0.2, 0) is 17.9 Å². The van der Waals surface area contributed by atoms with Gasteiger partial charge in [0.05, 0.1) is 11.2 Å². The highest BCUT2D eigenvalue weighted by Gasteiger charge is 2.07. The lowest BCUT2D eigenvalue weighted by molar-refractivity contribution is -0.131. The first-order chi connectivity index (χ1) is 10.0. The van der Waals surface area contributed by atoms with E-state index in [-0.39, 0.29) is 5.82 Å². The number of nitrogens with zero attached hydrogens (tertiary/aromatic N) is 2. The number of aliphatic carboxylic acids is 1. The first-order valence-electron chi connectivity index (χ1n) is 6.29.